The van der Waals surface area contributed by atoms with Crippen molar-refractivity contribution in [1.82, 2.24) is 19.4 Å². The summed E-state index contributed by atoms with van der Waals surface area (Å²) in [5.74, 6) is 1.19. The first-order valence-corrected chi connectivity index (χ1v) is 9.68. The van der Waals surface area contributed by atoms with E-state index in [1.54, 1.807) is 6.07 Å². The molecule has 2 aromatic heterocycles. The number of likely N-dealkylation sites (tertiary alicyclic amines) is 1. The maximum absolute atomic E-state index is 12.9. The van der Waals surface area contributed by atoms with Crippen LogP contribution in [-0.4, -0.2) is 38.4 Å². The van der Waals surface area contributed by atoms with Gasteiger partial charge in [-0.3, -0.25) is 9.59 Å². The van der Waals surface area contributed by atoms with E-state index in [1.807, 2.05) is 18.7 Å². The first-order chi connectivity index (χ1) is 12.0. The summed E-state index contributed by atoms with van der Waals surface area (Å²) in [7, 11) is 0. The molecule has 7 heteroatoms. The molecule has 0 radical (unpaired) electrons. The van der Waals surface area contributed by atoms with Crippen molar-refractivity contribution in [2.24, 2.45) is 0 Å². The lowest BCUT2D eigenvalue weighted by molar-refractivity contribution is 0.0708. The molecule has 25 heavy (non-hydrogen) atoms. The summed E-state index contributed by atoms with van der Waals surface area (Å²) in [6.07, 6.45) is 3.88. The normalized spacial score (nSPS) is 19.9. The van der Waals surface area contributed by atoms with Gasteiger partial charge >= 0.3 is 0 Å². The van der Waals surface area contributed by atoms with Gasteiger partial charge in [-0.15, -0.1) is 11.3 Å². The summed E-state index contributed by atoms with van der Waals surface area (Å²) < 4.78 is 2.20. The molecule has 1 fully saturated rings. The number of thiazole rings is 1. The van der Waals surface area contributed by atoms with E-state index >= 15 is 0 Å². The highest BCUT2D eigenvalue weighted by molar-refractivity contribution is 7.13. The van der Waals surface area contributed by atoms with Crippen LogP contribution in [0.3, 0.4) is 0 Å². The predicted molar refractivity (Wildman–Crippen MR) is 96.3 cm³/mol. The smallest absolute Gasteiger partial charge is 0.273 e. The van der Waals surface area contributed by atoms with Crippen molar-refractivity contribution in [3.63, 3.8) is 0 Å². The molecule has 0 aliphatic carbocycles. The molecular weight excluding hydrogens is 336 g/mol. The van der Waals surface area contributed by atoms with Gasteiger partial charge in [0.2, 0.25) is 0 Å². The molecule has 6 nitrogen and oxygen atoms in total. The second-order valence-corrected chi connectivity index (χ2v) is 8.13. The van der Waals surface area contributed by atoms with E-state index in [0.717, 1.165) is 65.9 Å². The Bertz CT molecular complexity index is 886. The Morgan fingerprint density at radius 1 is 1.24 bits per heavy atom. The second-order valence-electron chi connectivity index (χ2n) is 6.93. The monoisotopic (exact) mass is 358 g/mol. The summed E-state index contributed by atoms with van der Waals surface area (Å²) in [5.41, 5.74) is 1.72. The van der Waals surface area contributed by atoms with Gasteiger partial charge < -0.3 is 9.47 Å². The van der Waals surface area contributed by atoms with Gasteiger partial charge in [0.1, 0.15) is 10.7 Å². The molecule has 0 unspecified atom stereocenters. The second kappa shape index (κ2) is 6.37. The minimum Gasteiger partial charge on any atom is -0.337 e. The Labute approximate surface area is 150 Å². The fourth-order valence-corrected chi connectivity index (χ4v) is 4.92. The van der Waals surface area contributed by atoms with Crippen LogP contribution in [-0.2, 0) is 13.0 Å². The summed E-state index contributed by atoms with van der Waals surface area (Å²) in [4.78, 5) is 36.1. The minimum atomic E-state index is -0.152. The molecule has 1 atom stereocenters. The van der Waals surface area contributed by atoms with Crippen LogP contribution in [0.4, 0.5) is 0 Å². The Morgan fingerprint density at radius 2 is 2.08 bits per heavy atom. The predicted octanol–water partition coefficient (Wildman–Crippen LogP) is 2.28. The number of carbonyl (C=O) groups excluding carboxylic acids is 1. The average molecular weight is 358 g/mol. The molecule has 132 valence electrons. The molecule has 2 aliphatic heterocycles. The first kappa shape index (κ1) is 16.4. The van der Waals surface area contributed by atoms with Gasteiger partial charge in [-0.05, 0) is 33.1 Å². The van der Waals surface area contributed by atoms with Crippen LogP contribution in [0, 0.1) is 13.8 Å². The number of hydrogen-bond donors (Lipinski definition) is 0. The Kier molecular flexibility index (Phi) is 4.19. The third-order valence-corrected chi connectivity index (χ3v) is 6.20. The summed E-state index contributed by atoms with van der Waals surface area (Å²) in [5, 5.41) is 0.924. The highest BCUT2D eigenvalue weighted by atomic mass is 32.1. The molecule has 4 heterocycles. The van der Waals surface area contributed by atoms with Crippen LogP contribution in [0.1, 0.15) is 57.1 Å². The molecule has 0 spiro atoms. The number of carbonyl (C=O) groups is 1. The topological polar surface area (TPSA) is 68.1 Å². The molecule has 0 saturated carbocycles. The number of aryl methyl sites for hydroxylation is 3. The molecule has 0 aromatic carbocycles. The minimum absolute atomic E-state index is 0.0749. The summed E-state index contributed by atoms with van der Waals surface area (Å²) in [6, 6.07) is 1.68. The van der Waals surface area contributed by atoms with Crippen LogP contribution >= 0.6 is 11.3 Å². The Hall–Kier alpha value is -2.02. The van der Waals surface area contributed by atoms with Crippen molar-refractivity contribution in [2.75, 3.05) is 13.1 Å². The number of amides is 1. The van der Waals surface area contributed by atoms with Gasteiger partial charge in [-0.1, -0.05) is 0 Å². The van der Waals surface area contributed by atoms with E-state index in [9.17, 15) is 9.59 Å². The van der Waals surface area contributed by atoms with Gasteiger partial charge in [-0.2, -0.15) is 4.98 Å². The lowest BCUT2D eigenvalue weighted by Crippen LogP contribution is -2.40. The van der Waals surface area contributed by atoms with E-state index in [4.69, 9.17) is 0 Å². The summed E-state index contributed by atoms with van der Waals surface area (Å²) >= 11 is 1.47. The zero-order valence-corrected chi connectivity index (χ0v) is 15.4. The van der Waals surface area contributed by atoms with Crippen LogP contribution in [0.25, 0.3) is 0 Å². The van der Waals surface area contributed by atoms with Gasteiger partial charge in [0.15, 0.2) is 0 Å². The number of nitrogens with zero attached hydrogens (tertiary/aromatic N) is 4. The van der Waals surface area contributed by atoms with Gasteiger partial charge in [0, 0.05) is 43.7 Å². The van der Waals surface area contributed by atoms with Crippen molar-refractivity contribution >= 4 is 17.2 Å². The van der Waals surface area contributed by atoms with E-state index < -0.39 is 0 Å². The van der Waals surface area contributed by atoms with E-state index in [1.165, 1.54) is 11.3 Å². The fourth-order valence-electron chi connectivity index (χ4n) is 4.03. The highest BCUT2D eigenvalue weighted by Gasteiger charge is 2.30. The largest absolute Gasteiger partial charge is 0.337 e. The van der Waals surface area contributed by atoms with Gasteiger partial charge in [0.25, 0.3) is 11.5 Å². The quantitative estimate of drug-likeness (QED) is 0.826. The van der Waals surface area contributed by atoms with Crippen molar-refractivity contribution < 1.29 is 4.79 Å². The third-order valence-electron chi connectivity index (χ3n) is 5.14. The number of fused-ring (bicyclic) bond motifs is 1. The molecule has 1 saturated heterocycles. The molecule has 0 N–H and O–H groups in total. The maximum atomic E-state index is 12.9. The van der Waals surface area contributed by atoms with Crippen LogP contribution < -0.4 is 5.56 Å². The lowest BCUT2D eigenvalue weighted by Gasteiger charge is -2.33. The van der Waals surface area contributed by atoms with Crippen LogP contribution in [0.5, 0.6) is 0 Å². The van der Waals surface area contributed by atoms with Crippen molar-refractivity contribution in [2.45, 2.75) is 52.0 Å². The molecule has 2 aliphatic rings. The lowest BCUT2D eigenvalue weighted by atomic mass is 9.94. The van der Waals surface area contributed by atoms with Crippen molar-refractivity contribution in [3.05, 3.63) is 43.5 Å². The average Bonchev–Trinajstić information content (AvgIpc) is 3.19. The highest BCUT2D eigenvalue weighted by Crippen LogP contribution is 2.30. The molecule has 2 aromatic rings. The molecule has 4 rings (SSSR count). The van der Waals surface area contributed by atoms with E-state index in [2.05, 4.69) is 14.5 Å². The fraction of sp³-hybridized carbons (Fsp3) is 0.556. The number of rotatable bonds is 2. The number of aromatic nitrogens is 3. The number of piperidine rings is 1. The summed E-state index contributed by atoms with van der Waals surface area (Å²) in [6.45, 7) is 6.19. The molecule has 0 bridgehead atoms. The zero-order valence-electron chi connectivity index (χ0n) is 14.6. The van der Waals surface area contributed by atoms with Crippen LogP contribution in [0.15, 0.2) is 10.9 Å². The van der Waals surface area contributed by atoms with Gasteiger partial charge in [-0.25, -0.2) is 4.98 Å². The van der Waals surface area contributed by atoms with E-state index in [0.29, 0.717) is 6.54 Å². The Morgan fingerprint density at radius 3 is 2.84 bits per heavy atom. The van der Waals surface area contributed by atoms with Crippen LogP contribution in [0.2, 0.25) is 0 Å². The number of hydrogen-bond acceptors (Lipinski definition) is 5. The Balaban J connectivity index is 1.61. The molecular formula is C18H22N4O2S. The maximum Gasteiger partial charge on any atom is 0.273 e. The SMILES string of the molecule is Cc1nc(C)c(C(=O)N2CCC[C@@H](c3cc(=O)nc4n3CCC4)C2)s1. The molecule has 1 amide bonds. The van der Waals surface area contributed by atoms with E-state index in [-0.39, 0.29) is 17.4 Å². The standard InChI is InChI=1S/C18H22N4O2S/c1-11-17(25-12(2)19-11)18(24)21-7-3-5-13(10-21)14-9-16(23)20-15-6-4-8-22(14)15/h9,13H,3-8,10H2,1-2H3/t13-/m1/s1. The first-order valence-electron chi connectivity index (χ1n) is 8.87. The third kappa shape index (κ3) is 3.01. The van der Waals surface area contributed by atoms with Crippen molar-refractivity contribution in [3.8, 4) is 0 Å². The van der Waals surface area contributed by atoms with Gasteiger partial charge in [0.05, 0.1) is 10.7 Å². The van der Waals surface area contributed by atoms with Crippen molar-refractivity contribution in [1.29, 1.82) is 0 Å². The zero-order chi connectivity index (χ0) is 17.6.